The van der Waals surface area contributed by atoms with Gasteiger partial charge in [-0.05, 0) is 27.7 Å². The van der Waals surface area contributed by atoms with Gasteiger partial charge < -0.3 is 4.90 Å². The first-order chi connectivity index (χ1) is 6.00. The van der Waals surface area contributed by atoms with Crippen LogP contribution in [0.15, 0.2) is 0 Å². The fraction of sp³-hybridized carbons (Fsp3) is 0.778. The van der Waals surface area contributed by atoms with E-state index >= 15 is 0 Å². The van der Waals surface area contributed by atoms with E-state index in [2.05, 4.69) is 0 Å². The molecule has 0 spiro atoms. The Kier molecular flexibility index (Phi) is 2.59. The molecule has 0 N–H and O–H groups in total. The van der Waals surface area contributed by atoms with Gasteiger partial charge in [0, 0.05) is 12.6 Å². The minimum Gasteiger partial charge on any atom is -0.310 e. The molecule has 13 heavy (non-hydrogen) atoms. The lowest BCUT2D eigenvalue weighted by Crippen LogP contribution is -2.39. The number of likely N-dealkylation sites (N-methyl/N-ethyl adjacent to an activating group) is 1. The first-order valence-corrected chi connectivity index (χ1v) is 4.64. The van der Waals surface area contributed by atoms with Gasteiger partial charge in [-0.25, -0.2) is 4.79 Å². The summed E-state index contributed by atoms with van der Waals surface area (Å²) in [6.45, 7) is 7.88. The molecule has 0 aliphatic carbocycles. The van der Waals surface area contributed by atoms with Crippen molar-refractivity contribution in [2.45, 2.75) is 39.8 Å². The van der Waals surface area contributed by atoms with Gasteiger partial charge in [-0.1, -0.05) is 0 Å². The molecule has 1 heterocycles. The summed E-state index contributed by atoms with van der Waals surface area (Å²) >= 11 is 0. The second-order valence-corrected chi connectivity index (χ2v) is 3.54. The normalized spacial score (nSPS) is 23.6. The molecule has 1 fully saturated rings. The van der Waals surface area contributed by atoms with Crippen molar-refractivity contribution in [2.75, 3.05) is 6.54 Å². The summed E-state index contributed by atoms with van der Waals surface area (Å²) in [6, 6.07) is -0.370. The number of imide groups is 1. The molecule has 1 atom stereocenters. The van der Waals surface area contributed by atoms with Crippen LogP contribution >= 0.6 is 0 Å². The number of hydrogen-bond donors (Lipinski definition) is 0. The fourth-order valence-electron chi connectivity index (χ4n) is 1.70. The highest BCUT2D eigenvalue weighted by molar-refractivity contribution is 6.04. The molecule has 0 aromatic carbocycles. The van der Waals surface area contributed by atoms with Crippen molar-refractivity contribution in [2.24, 2.45) is 0 Å². The molecule has 1 aliphatic rings. The van der Waals surface area contributed by atoms with Crippen molar-refractivity contribution in [1.82, 2.24) is 9.80 Å². The molecule has 0 bridgehead atoms. The number of urea groups is 1. The maximum Gasteiger partial charge on any atom is 0.327 e. The Labute approximate surface area is 78.5 Å². The second kappa shape index (κ2) is 3.36. The highest BCUT2D eigenvalue weighted by atomic mass is 16.2. The van der Waals surface area contributed by atoms with Gasteiger partial charge in [-0.15, -0.1) is 0 Å². The van der Waals surface area contributed by atoms with Crippen molar-refractivity contribution >= 4 is 11.9 Å². The summed E-state index contributed by atoms with van der Waals surface area (Å²) < 4.78 is 0. The van der Waals surface area contributed by atoms with E-state index < -0.39 is 0 Å². The zero-order valence-electron chi connectivity index (χ0n) is 8.57. The van der Waals surface area contributed by atoms with Crippen LogP contribution in [0.25, 0.3) is 0 Å². The fourth-order valence-corrected chi connectivity index (χ4v) is 1.70. The smallest absolute Gasteiger partial charge is 0.310 e. The Morgan fingerprint density at radius 2 is 1.92 bits per heavy atom. The van der Waals surface area contributed by atoms with Crippen molar-refractivity contribution in [1.29, 1.82) is 0 Å². The number of nitrogens with zero attached hydrogens (tertiary/aromatic N) is 2. The van der Waals surface area contributed by atoms with Crippen LogP contribution in [-0.2, 0) is 4.79 Å². The van der Waals surface area contributed by atoms with E-state index in [1.165, 1.54) is 4.90 Å². The molecule has 4 nitrogen and oxygen atoms in total. The molecule has 1 saturated heterocycles. The highest BCUT2D eigenvalue weighted by Crippen LogP contribution is 2.19. The number of carbonyl (C=O) groups excluding carboxylic acids is 2. The highest BCUT2D eigenvalue weighted by Gasteiger charge is 2.42. The molecular formula is C9H16N2O2. The van der Waals surface area contributed by atoms with Gasteiger partial charge in [0.2, 0.25) is 0 Å². The Morgan fingerprint density at radius 1 is 1.38 bits per heavy atom. The van der Waals surface area contributed by atoms with Crippen LogP contribution in [0.1, 0.15) is 27.7 Å². The monoisotopic (exact) mass is 184 g/mol. The number of carbonyl (C=O) groups is 2. The zero-order chi connectivity index (χ0) is 10.2. The lowest BCUT2D eigenvalue weighted by atomic mass is 10.2. The first kappa shape index (κ1) is 10.0. The Bertz CT molecular complexity index is 238. The molecule has 0 saturated carbocycles. The molecule has 74 valence electrons. The van der Waals surface area contributed by atoms with Gasteiger partial charge in [0.15, 0.2) is 0 Å². The van der Waals surface area contributed by atoms with Crippen molar-refractivity contribution < 1.29 is 9.59 Å². The number of amides is 3. The van der Waals surface area contributed by atoms with Crippen LogP contribution in [0, 0.1) is 0 Å². The van der Waals surface area contributed by atoms with Gasteiger partial charge >= 0.3 is 6.03 Å². The standard InChI is InChI=1S/C9H16N2O2/c1-5-10-8(12)7(4)11(6(2)3)9(10)13/h6-7H,5H2,1-4H3. The van der Waals surface area contributed by atoms with E-state index in [1.807, 2.05) is 20.8 Å². The van der Waals surface area contributed by atoms with Crippen molar-refractivity contribution in [3.63, 3.8) is 0 Å². The van der Waals surface area contributed by atoms with Gasteiger partial charge in [-0.2, -0.15) is 0 Å². The Balaban J connectivity index is 2.91. The van der Waals surface area contributed by atoms with Crippen LogP contribution in [0.5, 0.6) is 0 Å². The maximum atomic E-state index is 11.6. The lowest BCUT2D eigenvalue weighted by Gasteiger charge is -2.23. The maximum absolute atomic E-state index is 11.6. The van der Waals surface area contributed by atoms with Crippen LogP contribution in [0.3, 0.4) is 0 Å². The second-order valence-electron chi connectivity index (χ2n) is 3.54. The van der Waals surface area contributed by atoms with Crippen LogP contribution in [0.4, 0.5) is 4.79 Å². The van der Waals surface area contributed by atoms with E-state index in [0.29, 0.717) is 6.54 Å². The molecule has 3 amide bonds. The summed E-state index contributed by atoms with van der Waals surface area (Å²) in [5.74, 6) is -0.0822. The summed E-state index contributed by atoms with van der Waals surface area (Å²) in [6.07, 6.45) is 0. The molecule has 1 rings (SSSR count). The van der Waals surface area contributed by atoms with Gasteiger partial charge in [-0.3, -0.25) is 9.69 Å². The van der Waals surface area contributed by atoms with E-state index in [-0.39, 0.29) is 24.0 Å². The predicted molar refractivity (Wildman–Crippen MR) is 49.2 cm³/mol. The van der Waals surface area contributed by atoms with Gasteiger partial charge in [0.1, 0.15) is 6.04 Å². The molecule has 0 aromatic heterocycles. The minimum atomic E-state index is -0.299. The first-order valence-electron chi connectivity index (χ1n) is 4.64. The summed E-state index contributed by atoms with van der Waals surface area (Å²) in [4.78, 5) is 26.1. The average molecular weight is 184 g/mol. The summed E-state index contributed by atoms with van der Waals surface area (Å²) in [7, 11) is 0. The zero-order valence-corrected chi connectivity index (χ0v) is 8.57. The molecule has 4 heteroatoms. The van der Waals surface area contributed by atoms with Crippen LogP contribution in [0.2, 0.25) is 0 Å². The van der Waals surface area contributed by atoms with E-state index in [1.54, 1.807) is 11.8 Å². The molecule has 0 aromatic rings. The lowest BCUT2D eigenvalue weighted by molar-refractivity contribution is -0.127. The Morgan fingerprint density at radius 3 is 2.15 bits per heavy atom. The molecule has 1 unspecified atom stereocenters. The van der Waals surface area contributed by atoms with E-state index in [4.69, 9.17) is 0 Å². The largest absolute Gasteiger partial charge is 0.327 e. The third kappa shape index (κ3) is 1.41. The predicted octanol–water partition coefficient (Wildman–Crippen LogP) is 1.07. The number of rotatable bonds is 2. The van der Waals surface area contributed by atoms with E-state index in [9.17, 15) is 9.59 Å². The number of hydrogen-bond acceptors (Lipinski definition) is 2. The van der Waals surface area contributed by atoms with Crippen molar-refractivity contribution in [3.05, 3.63) is 0 Å². The third-order valence-corrected chi connectivity index (χ3v) is 2.37. The quantitative estimate of drug-likeness (QED) is 0.602. The third-order valence-electron chi connectivity index (χ3n) is 2.37. The topological polar surface area (TPSA) is 40.6 Å². The van der Waals surface area contributed by atoms with Gasteiger partial charge in [0.05, 0.1) is 0 Å². The molecule has 0 radical (unpaired) electrons. The summed E-state index contributed by atoms with van der Waals surface area (Å²) in [5, 5.41) is 0. The van der Waals surface area contributed by atoms with Crippen molar-refractivity contribution in [3.8, 4) is 0 Å². The van der Waals surface area contributed by atoms with Crippen LogP contribution < -0.4 is 0 Å². The Hall–Kier alpha value is -1.06. The van der Waals surface area contributed by atoms with Gasteiger partial charge in [0.25, 0.3) is 5.91 Å². The average Bonchev–Trinajstić information content (AvgIpc) is 2.24. The summed E-state index contributed by atoms with van der Waals surface area (Å²) in [5.41, 5.74) is 0. The SMILES string of the molecule is CCN1C(=O)C(C)N(C(C)C)C1=O. The minimum absolute atomic E-state index is 0.0822. The van der Waals surface area contributed by atoms with Crippen LogP contribution in [-0.4, -0.2) is 40.4 Å². The van der Waals surface area contributed by atoms with E-state index in [0.717, 1.165) is 0 Å². The molecular weight excluding hydrogens is 168 g/mol. The molecule has 1 aliphatic heterocycles.